The van der Waals surface area contributed by atoms with Crippen LogP contribution in [-0.2, 0) is 7.05 Å². The Morgan fingerprint density at radius 2 is 0.842 bits per heavy atom. The van der Waals surface area contributed by atoms with Crippen LogP contribution in [0.2, 0.25) is 0 Å². The molecule has 13 heteroatoms. The number of hydrogen-bond donors (Lipinski definition) is 0. The summed E-state index contributed by atoms with van der Waals surface area (Å²) in [7, 11) is 2.11. The molecule has 0 radical (unpaired) electrons. The van der Waals surface area contributed by atoms with Gasteiger partial charge in [-0.2, -0.15) is 10.2 Å². The van der Waals surface area contributed by atoms with Gasteiger partial charge in [-0.25, -0.2) is 19.3 Å². The molecule has 0 saturated carbocycles. The third-order valence-electron chi connectivity index (χ3n) is 15.7. The number of benzene rings is 6. The van der Waals surface area contributed by atoms with Crippen molar-refractivity contribution in [3.63, 3.8) is 0 Å². The molecule has 11 aromatic rings. The van der Waals surface area contributed by atoms with E-state index < -0.39 is 0 Å². The standard InChI is InChI=1S/C63H47B2N7O4/c1-34-18-36(3)58(37(4)19-34)43-27-68-71(32-43)45-25-49-62(66-29-45)75-56-12-8-10-54-60(56)64(49)47-22-40(14-16-52(47)73-54)42-24-51(70(7)31-42)41-15-17-53-48(23-41)65-50-26-46(30-67-63(50)76-57-13-9-11-55(74-53)61(57)65)72-33-44(28-69-72)59-38(5)20-35(2)21-39(59)6/h8-33H,1-7H3. The second kappa shape index (κ2) is 16.3. The van der Waals surface area contributed by atoms with Gasteiger partial charge in [0.25, 0.3) is 13.4 Å². The maximum atomic E-state index is 6.68. The van der Waals surface area contributed by atoms with Gasteiger partial charge in [0.15, 0.2) is 0 Å². The average Bonchev–Trinajstić information content (AvgIpc) is 4.21. The minimum atomic E-state index is -0.204. The molecule has 0 spiro atoms. The summed E-state index contributed by atoms with van der Waals surface area (Å²) in [6.45, 7) is 12.5. The number of aryl methyl sites for hydroxylation is 7. The average molecular weight is 988 g/mol. The van der Waals surface area contributed by atoms with E-state index in [9.17, 15) is 0 Å². The van der Waals surface area contributed by atoms with Crippen molar-refractivity contribution in [2.24, 2.45) is 7.05 Å². The van der Waals surface area contributed by atoms with Crippen LogP contribution in [0.4, 0.5) is 0 Å². The summed E-state index contributed by atoms with van der Waals surface area (Å²) < 4.78 is 32.5. The van der Waals surface area contributed by atoms with Gasteiger partial charge in [-0.3, -0.25) is 0 Å². The van der Waals surface area contributed by atoms with E-state index in [0.29, 0.717) is 11.8 Å². The van der Waals surface area contributed by atoms with Crippen molar-refractivity contribution in [2.75, 3.05) is 0 Å². The lowest BCUT2D eigenvalue weighted by Gasteiger charge is -2.32. The molecule has 0 saturated heterocycles. The minimum Gasteiger partial charge on any atom is -0.458 e. The molecular weight excluding hydrogens is 940 g/mol. The topological polar surface area (TPSA) is 103 Å². The van der Waals surface area contributed by atoms with Crippen LogP contribution in [0.25, 0.3) is 56.0 Å². The molecule has 0 N–H and O–H groups in total. The van der Waals surface area contributed by atoms with Gasteiger partial charge in [0.1, 0.15) is 34.5 Å². The monoisotopic (exact) mass is 987 g/mol. The predicted octanol–water partition coefficient (Wildman–Crippen LogP) is 10.2. The van der Waals surface area contributed by atoms with E-state index in [1.54, 1.807) is 0 Å². The minimum absolute atomic E-state index is 0.200. The molecule has 6 aromatic carbocycles. The summed E-state index contributed by atoms with van der Waals surface area (Å²) >= 11 is 0. The number of ether oxygens (including phenoxy) is 4. The van der Waals surface area contributed by atoms with Crippen LogP contribution in [0.3, 0.4) is 0 Å². The summed E-state index contributed by atoms with van der Waals surface area (Å²) in [5.74, 6) is 5.76. The van der Waals surface area contributed by atoms with E-state index in [1.165, 1.54) is 44.5 Å². The van der Waals surface area contributed by atoms with Crippen LogP contribution in [0.1, 0.15) is 33.4 Å². The molecule has 15 rings (SSSR count). The molecule has 0 atom stereocenters. The van der Waals surface area contributed by atoms with Gasteiger partial charge in [-0.1, -0.05) is 65.7 Å². The molecule has 9 heterocycles. The van der Waals surface area contributed by atoms with Gasteiger partial charge in [0.2, 0.25) is 11.8 Å². The zero-order chi connectivity index (χ0) is 51.2. The molecule has 364 valence electrons. The van der Waals surface area contributed by atoms with Crippen molar-refractivity contribution in [1.29, 1.82) is 0 Å². The molecule has 11 nitrogen and oxygen atoms in total. The number of rotatable bonds is 6. The number of aromatic nitrogens is 7. The summed E-state index contributed by atoms with van der Waals surface area (Å²) in [6.07, 6.45) is 13.9. The fourth-order valence-electron chi connectivity index (χ4n) is 12.7. The van der Waals surface area contributed by atoms with Crippen molar-refractivity contribution in [2.45, 2.75) is 41.5 Å². The van der Waals surface area contributed by atoms with Gasteiger partial charge < -0.3 is 23.5 Å². The van der Waals surface area contributed by atoms with Crippen molar-refractivity contribution in [1.82, 2.24) is 34.1 Å². The van der Waals surface area contributed by atoms with Crippen LogP contribution in [-0.4, -0.2) is 47.5 Å². The van der Waals surface area contributed by atoms with Crippen LogP contribution in [0.5, 0.6) is 46.3 Å². The molecule has 5 aromatic heterocycles. The first kappa shape index (κ1) is 44.2. The Morgan fingerprint density at radius 1 is 0.395 bits per heavy atom. The van der Waals surface area contributed by atoms with Crippen molar-refractivity contribution in [3.8, 4) is 102 Å². The quantitative estimate of drug-likeness (QED) is 0.152. The molecular formula is C63H47B2N7O4. The third-order valence-corrected chi connectivity index (χ3v) is 15.7. The van der Waals surface area contributed by atoms with Crippen molar-refractivity contribution >= 4 is 46.2 Å². The summed E-state index contributed by atoms with van der Waals surface area (Å²) in [6, 6.07) is 40.5. The summed E-state index contributed by atoms with van der Waals surface area (Å²) in [5, 5.41) is 9.72. The van der Waals surface area contributed by atoms with E-state index in [4.69, 9.17) is 39.1 Å². The molecule has 76 heavy (non-hydrogen) atoms. The summed E-state index contributed by atoms with van der Waals surface area (Å²) in [4.78, 5) is 9.88. The number of hydrogen-bond acceptors (Lipinski definition) is 8. The molecule has 0 unspecified atom stereocenters. The van der Waals surface area contributed by atoms with E-state index in [1.807, 2.05) is 70.5 Å². The van der Waals surface area contributed by atoms with E-state index in [-0.39, 0.29) is 13.4 Å². The van der Waals surface area contributed by atoms with E-state index in [2.05, 4.69) is 151 Å². The maximum Gasteiger partial charge on any atom is 0.262 e. The Bertz CT molecular complexity index is 4250. The van der Waals surface area contributed by atoms with E-state index >= 15 is 0 Å². The largest absolute Gasteiger partial charge is 0.458 e. The fraction of sp³-hybridized carbons (Fsp3) is 0.111. The van der Waals surface area contributed by atoms with Crippen molar-refractivity contribution in [3.05, 3.63) is 192 Å². The normalized spacial score (nSPS) is 13.0. The second-order valence-corrected chi connectivity index (χ2v) is 20.9. The fourth-order valence-corrected chi connectivity index (χ4v) is 12.7. The lowest BCUT2D eigenvalue weighted by atomic mass is 9.35. The second-order valence-electron chi connectivity index (χ2n) is 20.9. The third kappa shape index (κ3) is 6.77. The Balaban J connectivity index is 0.789. The Morgan fingerprint density at radius 3 is 1.33 bits per heavy atom. The molecule has 0 fully saturated rings. The smallest absolute Gasteiger partial charge is 0.262 e. The van der Waals surface area contributed by atoms with Crippen LogP contribution in [0.15, 0.2) is 159 Å². The van der Waals surface area contributed by atoms with E-state index in [0.717, 1.165) is 112 Å². The SMILES string of the molecule is Cc1cc(C)c(-c2cnn(-c3cnc4c(c3)B3c5cc(-c6cc(-c7ccc8c(c7)B7c9cc(-n%10cc(-c%11c(C)cc(C)cc%11C)cn%10)cnc9Oc9cccc(c97)O8)n(C)c6)ccc5Oc5cccc(c53)O4)c2)c(C)c1. The molecule has 4 aliphatic heterocycles. The first-order valence-electron chi connectivity index (χ1n) is 25.7. The highest BCUT2D eigenvalue weighted by Crippen LogP contribution is 2.39. The summed E-state index contributed by atoms with van der Waals surface area (Å²) in [5.41, 5.74) is 23.8. The van der Waals surface area contributed by atoms with Gasteiger partial charge >= 0.3 is 0 Å². The zero-order valence-corrected chi connectivity index (χ0v) is 42.9. The zero-order valence-electron chi connectivity index (χ0n) is 42.9. The Labute approximate surface area is 440 Å². The molecule has 0 amide bonds. The van der Waals surface area contributed by atoms with Crippen LogP contribution < -0.4 is 51.7 Å². The highest BCUT2D eigenvalue weighted by Gasteiger charge is 2.43. The number of pyridine rings is 2. The van der Waals surface area contributed by atoms with Gasteiger partial charge in [0.05, 0.1) is 36.2 Å². The first-order valence-corrected chi connectivity index (χ1v) is 25.7. The highest BCUT2D eigenvalue weighted by atomic mass is 16.5. The lowest BCUT2D eigenvalue weighted by molar-refractivity contribution is 0.452. The van der Waals surface area contributed by atoms with Crippen LogP contribution in [0, 0.1) is 41.5 Å². The Hall–Kier alpha value is -9.35. The van der Waals surface area contributed by atoms with Crippen molar-refractivity contribution < 1.29 is 18.9 Å². The predicted molar refractivity (Wildman–Crippen MR) is 301 cm³/mol. The molecule has 0 bridgehead atoms. The first-order chi connectivity index (χ1) is 37.0. The molecule has 4 aliphatic rings. The number of fused-ring (bicyclic) bond motifs is 8. The van der Waals surface area contributed by atoms with Gasteiger partial charge in [-0.05, 0) is 174 Å². The Kier molecular flexibility index (Phi) is 9.49. The van der Waals surface area contributed by atoms with Crippen LogP contribution >= 0.6 is 0 Å². The number of nitrogens with zero attached hydrogens (tertiary/aromatic N) is 7. The highest BCUT2D eigenvalue weighted by molar-refractivity contribution is 6.99. The van der Waals surface area contributed by atoms with Gasteiger partial charge in [-0.15, -0.1) is 0 Å². The lowest BCUT2D eigenvalue weighted by Crippen LogP contribution is -2.57. The van der Waals surface area contributed by atoms with Gasteiger partial charge in [0, 0.05) is 53.4 Å². The maximum absolute atomic E-state index is 6.68. The molecule has 0 aliphatic carbocycles.